The van der Waals surface area contributed by atoms with Gasteiger partial charge in [-0.15, -0.1) is 11.3 Å². The number of thiophene rings is 1. The van der Waals surface area contributed by atoms with Crippen molar-refractivity contribution in [3.63, 3.8) is 0 Å². The number of carbonyl (C=O) groups is 4. The molecule has 3 aromatic carbocycles. The highest BCUT2D eigenvalue weighted by atomic mass is 35.5. The normalized spacial score (nSPS) is 11.5. The molecule has 1 aromatic heterocycles. The molecule has 0 bridgehead atoms. The van der Waals surface area contributed by atoms with Gasteiger partial charge in [-0.1, -0.05) is 71.7 Å². The van der Waals surface area contributed by atoms with E-state index in [1.54, 1.807) is 17.5 Å². The van der Waals surface area contributed by atoms with Crippen molar-refractivity contribution in [3.8, 4) is 0 Å². The predicted octanol–water partition coefficient (Wildman–Crippen LogP) is 4.79. The Hall–Kier alpha value is -3.92. The molecular weight excluding hydrogens is 561 g/mol. The zero-order valence-corrected chi connectivity index (χ0v) is 22.7. The summed E-state index contributed by atoms with van der Waals surface area (Å²) in [5.74, 6) is -3.10. The first kappa shape index (κ1) is 28.1. The number of hydrogen-bond donors (Lipinski definition) is 4. The summed E-state index contributed by atoms with van der Waals surface area (Å²) in [6.45, 7) is 0.00599. The van der Waals surface area contributed by atoms with Gasteiger partial charge in [0.05, 0.1) is 20.5 Å². The Labute approximate surface area is 237 Å². The molecule has 1 atom stereocenters. The van der Waals surface area contributed by atoms with E-state index >= 15 is 0 Å². The van der Waals surface area contributed by atoms with Gasteiger partial charge in [0.25, 0.3) is 17.7 Å². The van der Waals surface area contributed by atoms with Crippen molar-refractivity contribution in [1.82, 2.24) is 16.0 Å². The lowest BCUT2D eigenvalue weighted by Crippen LogP contribution is -2.48. The fourth-order valence-corrected chi connectivity index (χ4v) is 5.26. The molecule has 11 heteroatoms. The first-order valence-electron chi connectivity index (χ1n) is 11.8. The molecule has 4 aromatic rings. The topological polar surface area (TPSA) is 125 Å². The maximum atomic E-state index is 12.8. The second-order valence-corrected chi connectivity index (χ2v) is 10.3. The van der Waals surface area contributed by atoms with E-state index in [-0.39, 0.29) is 27.7 Å². The van der Waals surface area contributed by atoms with Gasteiger partial charge in [0, 0.05) is 18.7 Å². The molecule has 0 radical (unpaired) electrons. The lowest BCUT2D eigenvalue weighted by atomic mass is 10.0. The van der Waals surface area contributed by atoms with Crippen LogP contribution in [0.5, 0.6) is 0 Å². The summed E-state index contributed by atoms with van der Waals surface area (Å²) in [7, 11) is 0. The van der Waals surface area contributed by atoms with Crippen LogP contribution in [-0.2, 0) is 11.2 Å². The molecule has 3 amide bonds. The second kappa shape index (κ2) is 12.8. The summed E-state index contributed by atoms with van der Waals surface area (Å²) in [4.78, 5) is 49.8. The Balaban J connectivity index is 1.38. The van der Waals surface area contributed by atoms with E-state index in [4.69, 9.17) is 23.2 Å². The van der Waals surface area contributed by atoms with Gasteiger partial charge in [-0.25, -0.2) is 4.79 Å². The Kier molecular flexibility index (Phi) is 9.19. The van der Waals surface area contributed by atoms with Gasteiger partial charge in [0.15, 0.2) is 0 Å². The zero-order valence-electron chi connectivity index (χ0n) is 20.4. The highest BCUT2D eigenvalue weighted by Crippen LogP contribution is 2.27. The van der Waals surface area contributed by atoms with Crippen LogP contribution < -0.4 is 16.0 Å². The van der Waals surface area contributed by atoms with E-state index in [0.29, 0.717) is 17.8 Å². The second-order valence-electron chi connectivity index (χ2n) is 8.51. The number of carboxylic acid groups (broad SMARTS) is 1. The lowest BCUT2D eigenvalue weighted by molar-refractivity contribution is -0.139. The van der Waals surface area contributed by atoms with Crippen molar-refractivity contribution in [1.29, 1.82) is 0 Å². The quantitative estimate of drug-likeness (QED) is 0.213. The van der Waals surface area contributed by atoms with Crippen molar-refractivity contribution in [3.05, 3.63) is 104 Å². The molecule has 0 spiro atoms. The molecule has 0 aliphatic heterocycles. The number of amides is 3. The molecule has 0 aliphatic carbocycles. The average Bonchev–Trinajstić information content (AvgIpc) is 3.45. The third kappa shape index (κ3) is 6.94. The molecule has 200 valence electrons. The number of aliphatic carboxylic acids is 1. The van der Waals surface area contributed by atoms with E-state index in [2.05, 4.69) is 16.0 Å². The summed E-state index contributed by atoms with van der Waals surface area (Å²) in [5.41, 5.74) is 1.06. The lowest BCUT2D eigenvalue weighted by Gasteiger charge is -2.17. The van der Waals surface area contributed by atoms with Crippen LogP contribution >= 0.6 is 34.5 Å². The summed E-state index contributed by atoms with van der Waals surface area (Å²) in [5, 5.41) is 20.8. The van der Waals surface area contributed by atoms with Crippen LogP contribution in [0.25, 0.3) is 10.8 Å². The minimum atomic E-state index is -1.44. The Morgan fingerprint density at radius 3 is 2.26 bits per heavy atom. The maximum absolute atomic E-state index is 12.8. The van der Waals surface area contributed by atoms with E-state index < -0.39 is 29.7 Å². The van der Waals surface area contributed by atoms with Crippen LogP contribution in [0.4, 0.5) is 0 Å². The van der Waals surface area contributed by atoms with Crippen LogP contribution in [0.15, 0.2) is 72.1 Å². The Morgan fingerprint density at radius 1 is 0.846 bits per heavy atom. The monoisotopic (exact) mass is 583 g/mol. The SMILES string of the molecule is O=C(NCCc1cccc2ccccc12)c1cc(Cl)c(C(=O)N[C@@H](CNC(=O)c2cccs2)C(=O)O)c(Cl)c1. The Morgan fingerprint density at radius 2 is 1.56 bits per heavy atom. The van der Waals surface area contributed by atoms with Crippen LogP contribution in [0.1, 0.15) is 36.0 Å². The van der Waals surface area contributed by atoms with Crippen molar-refractivity contribution >= 4 is 69.0 Å². The van der Waals surface area contributed by atoms with Gasteiger partial charge in [-0.3, -0.25) is 14.4 Å². The van der Waals surface area contributed by atoms with Crippen molar-refractivity contribution < 1.29 is 24.3 Å². The predicted molar refractivity (Wildman–Crippen MR) is 152 cm³/mol. The third-order valence-corrected chi connectivity index (χ3v) is 7.37. The minimum absolute atomic E-state index is 0.119. The molecule has 0 aliphatic rings. The van der Waals surface area contributed by atoms with Gasteiger partial charge < -0.3 is 21.1 Å². The highest BCUT2D eigenvalue weighted by molar-refractivity contribution is 7.12. The highest BCUT2D eigenvalue weighted by Gasteiger charge is 2.25. The number of halogens is 2. The van der Waals surface area contributed by atoms with E-state index in [9.17, 15) is 24.3 Å². The molecule has 1 heterocycles. The minimum Gasteiger partial charge on any atom is -0.480 e. The fourth-order valence-electron chi connectivity index (χ4n) is 3.96. The van der Waals surface area contributed by atoms with E-state index in [1.165, 1.54) is 23.5 Å². The maximum Gasteiger partial charge on any atom is 0.328 e. The first-order valence-corrected chi connectivity index (χ1v) is 13.5. The van der Waals surface area contributed by atoms with E-state index in [0.717, 1.165) is 16.3 Å². The number of carboxylic acids is 1. The summed E-state index contributed by atoms with van der Waals surface area (Å²) in [6, 6.07) is 18.4. The largest absolute Gasteiger partial charge is 0.480 e. The van der Waals surface area contributed by atoms with Crippen LogP contribution in [-0.4, -0.2) is 47.9 Å². The van der Waals surface area contributed by atoms with Crippen molar-refractivity contribution in [2.45, 2.75) is 12.5 Å². The molecule has 0 saturated heterocycles. The van der Waals surface area contributed by atoms with Crippen molar-refractivity contribution in [2.24, 2.45) is 0 Å². The summed E-state index contributed by atoms with van der Waals surface area (Å²) in [6.07, 6.45) is 0.606. The number of benzene rings is 3. The van der Waals surface area contributed by atoms with Gasteiger partial charge in [0.1, 0.15) is 6.04 Å². The standard InChI is InChI=1S/C28H23Cl2N3O5S/c29-20-13-18(25(34)31-11-10-17-7-3-6-16-5-1-2-8-19(16)17)14-21(30)24(20)27(36)33-22(28(37)38)15-32-26(35)23-9-4-12-39-23/h1-9,12-14,22H,10-11,15H2,(H,31,34)(H,32,35)(H,33,36)(H,37,38)/t22-/m0/s1. The smallest absolute Gasteiger partial charge is 0.328 e. The van der Waals surface area contributed by atoms with Gasteiger partial charge in [-0.2, -0.15) is 0 Å². The average molecular weight is 584 g/mol. The van der Waals surface area contributed by atoms with Crippen LogP contribution in [0.3, 0.4) is 0 Å². The number of rotatable bonds is 10. The molecule has 0 unspecified atom stereocenters. The van der Waals surface area contributed by atoms with Crippen LogP contribution in [0, 0.1) is 0 Å². The molecule has 0 saturated carbocycles. The molecule has 4 N–H and O–H groups in total. The molecular formula is C28H23Cl2N3O5S. The van der Waals surface area contributed by atoms with E-state index in [1.807, 2.05) is 42.5 Å². The van der Waals surface area contributed by atoms with Gasteiger partial charge >= 0.3 is 5.97 Å². The summed E-state index contributed by atoms with van der Waals surface area (Å²) >= 11 is 13.8. The molecule has 4 rings (SSSR count). The number of fused-ring (bicyclic) bond motifs is 1. The van der Waals surface area contributed by atoms with Crippen molar-refractivity contribution in [2.75, 3.05) is 13.1 Å². The molecule has 39 heavy (non-hydrogen) atoms. The summed E-state index contributed by atoms with van der Waals surface area (Å²) < 4.78 is 0. The fraction of sp³-hybridized carbons (Fsp3) is 0.143. The first-order chi connectivity index (χ1) is 18.7. The molecule has 8 nitrogen and oxygen atoms in total. The van der Waals surface area contributed by atoms with Gasteiger partial charge in [0.2, 0.25) is 0 Å². The van der Waals surface area contributed by atoms with Crippen LogP contribution in [0.2, 0.25) is 10.0 Å². The third-order valence-electron chi connectivity index (χ3n) is 5.91. The van der Waals surface area contributed by atoms with Gasteiger partial charge in [-0.05, 0) is 46.3 Å². The number of nitrogens with one attached hydrogen (secondary N) is 3. The number of carbonyl (C=O) groups excluding carboxylic acids is 3. The Bertz CT molecular complexity index is 1510. The molecule has 0 fully saturated rings. The zero-order chi connectivity index (χ0) is 27.9. The number of hydrogen-bond acceptors (Lipinski definition) is 5.